The Labute approximate surface area is 262 Å². The van der Waals surface area contributed by atoms with Crippen LogP contribution in [0.2, 0.25) is 0 Å². The first kappa shape index (κ1) is 34.5. The summed E-state index contributed by atoms with van der Waals surface area (Å²) in [6, 6.07) is 12.7. The predicted molar refractivity (Wildman–Crippen MR) is 184 cm³/mol. The van der Waals surface area contributed by atoms with Gasteiger partial charge >= 0.3 is 0 Å². The molecular formula is C40H58O3. The largest absolute Gasteiger partial charge is 0.507 e. The van der Waals surface area contributed by atoms with Crippen LogP contribution >= 0.6 is 0 Å². The predicted octanol–water partition coefficient (Wildman–Crippen LogP) is 11.2. The molecule has 0 aliphatic rings. The third-order valence-corrected chi connectivity index (χ3v) is 8.90. The van der Waals surface area contributed by atoms with E-state index in [1.807, 2.05) is 0 Å². The fourth-order valence-electron chi connectivity index (χ4n) is 5.82. The average Bonchev–Trinajstić information content (AvgIpc) is 2.84. The Kier molecular flexibility index (Phi) is 9.53. The summed E-state index contributed by atoms with van der Waals surface area (Å²) in [7, 11) is 0. The van der Waals surface area contributed by atoms with Gasteiger partial charge in [0.15, 0.2) is 0 Å². The molecular weight excluding hydrogens is 528 g/mol. The maximum Gasteiger partial charge on any atom is 0.123 e. The average molecular weight is 587 g/mol. The molecule has 0 saturated heterocycles. The van der Waals surface area contributed by atoms with E-state index >= 15 is 0 Å². The second-order valence-electron chi connectivity index (χ2n) is 16.7. The molecule has 0 spiro atoms. The van der Waals surface area contributed by atoms with Crippen molar-refractivity contribution in [1.82, 2.24) is 0 Å². The second-order valence-corrected chi connectivity index (χ2v) is 16.7. The van der Waals surface area contributed by atoms with E-state index in [1.54, 1.807) is 0 Å². The van der Waals surface area contributed by atoms with Gasteiger partial charge in [0.05, 0.1) is 0 Å². The van der Waals surface area contributed by atoms with Crippen LogP contribution in [-0.2, 0) is 16.2 Å². The summed E-state index contributed by atoms with van der Waals surface area (Å²) in [6.45, 7) is 32.3. The zero-order valence-electron chi connectivity index (χ0n) is 29.6. The minimum Gasteiger partial charge on any atom is -0.507 e. The van der Waals surface area contributed by atoms with Crippen molar-refractivity contribution in [1.29, 1.82) is 0 Å². The Hall–Kier alpha value is -2.94. The summed E-state index contributed by atoms with van der Waals surface area (Å²) in [5.41, 5.74) is 7.57. The molecule has 3 aromatic rings. The van der Waals surface area contributed by atoms with Crippen molar-refractivity contribution in [2.75, 3.05) is 0 Å². The molecule has 3 N–H and O–H groups in total. The molecule has 0 bridgehead atoms. The van der Waals surface area contributed by atoms with E-state index in [0.717, 1.165) is 33.4 Å². The monoisotopic (exact) mass is 586 g/mol. The van der Waals surface area contributed by atoms with E-state index in [0.29, 0.717) is 16.7 Å². The molecule has 0 radical (unpaired) electrons. The molecule has 3 heteroatoms. The first-order chi connectivity index (χ1) is 19.5. The van der Waals surface area contributed by atoms with Gasteiger partial charge in [-0.1, -0.05) is 140 Å². The Bertz CT molecular complexity index is 1290. The van der Waals surface area contributed by atoms with Crippen LogP contribution in [0.3, 0.4) is 0 Å². The first-order valence-corrected chi connectivity index (χ1v) is 16.1. The number of benzene rings is 3. The van der Waals surface area contributed by atoms with E-state index in [4.69, 9.17) is 0 Å². The van der Waals surface area contributed by atoms with Crippen LogP contribution < -0.4 is 0 Å². The molecule has 236 valence electrons. The van der Waals surface area contributed by atoms with Crippen molar-refractivity contribution in [2.45, 2.75) is 144 Å². The highest BCUT2D eigenvalue weighted by molar-refractivity contribution is 5.63. The van der Waals surface area contributed by atoms with Crippen LogP contribution in [0.1, 0.15) is 178 Å². The SMILES string of the molecule is CC(C)c1cc(C(C)(C)C)cc(C(c2cc(C(C)(C)C)cc(C(C)C)c2O)c2cc(C(C)(C)C)cc(C(C)C)c2O)c1O. The van der Waals surface area contributed by atoms with Crippen LogP contribution in [0, 0.1) is 0 Å². The lowest BCUT2D eigenvalue weighted by molar-refractivity contribution is 0.438. The van der Waals surface area contributed by atoms with Crippen molar-refractivity contribution in [3.05, 3.63) is 86.5 Å². The molecule has 0 atom stereocenters. The van der Waals surface area contributed by atoms with Gasteiger partial charge in [-0.15, -0.1) is 0 Å². The third kappa shape index (κ3) is 7.08. The lowest BCUT2D eigenvalue weighted by atomic mass is 9.73. The van der Waals surface area contributed by atoms with Crippen LogP contribution in [0.25, 0.3) is 0 Å². The molecule has 0 saturated carbocycles. The molecule has 0 fully saturated rings. The van der Waals surface area contributed by atoms with Crippen LogP contribution in [0.5, 0.6) is 17.2 Å². The molecule has 0 amide bonds. The van der Waals surface area contributed by atoms with Gasteiger partial charge in [-0.2, -0.15) is 0 Å². The van der Waals surface area contributed by atoms with Crippen LogP contribution in [0.15, 0.2) is 36.4 Å². The van der Waals surface area contributed by atoms with Crippen molar-refractivity contribution in [2.24, 2.45) is 0 Å². The number of hydrogen-bond donors (Lipinski definition) is 3. The number of phenols is 3. The molecule has 0 aliphatic heterocycles. The number of rotatable bonds is 6. The molecule has 43 heavy (non-hydrogen) atoms. The number of phenolic OH excluding ortho intramolecular Hbond substituents is 3. The van der Waals surface area contributed by atoms with Gasteiger partial charge < -0.3 is 15.3 Å². The van der Waals surface area contributed by atoms with Crippen molar-refractivity contribution >= 4 is 0 Å². The van der Waals surface area contributed by atoms with Gasteiger partial charge in [0, 0.05) is 22.6 Å². The quantitative estimate of drug-likeness (QED) is 0.252. The summed E-state index contributed by atoms with van der Waals surface area (Å²) in [5, 5.41) is 36.2. The number of aromatic hydroxyl groups is 3. The third-order valence-electron chi connectivity index (χ3n) is 8.90. The molecule has 3 rings (SSSR count). The zero-order valence-corrected chi connectivity index (χ0v) is 29.6. The normalized spacial score (nSPS) is 13.2. The van der Waals surface area contributed by atoms with Gasteiger partial charge in [-0.3, -0.25) is 0 Å². The van der Waals surface area contributed by atoms with Crippen LogP contribution in [-0.4, -0.2) is 15.3 Å². The smallest absolute Gasteiger partial charge is 0.123 e. The second kappa shape index (κ2) is 11.9. The van der Waals surface area contributed by atoms with E-state index in [1.165, 1.54) is 0 Å². The van der Waals surface area contributed by atoms with Crippen molar-refractivity contribution in [3.63, 3.8) is 0 Å². The highest BCUT2D eigenvalue weighted by Crippen LogP contribution is 2.51. The van der Waals surface area contributed by atoms with Gasteiger partial charge in [0.25, 0.3) is 0 Å². The van der Waals surface area contributed by atoms with E-state index in [9.17, 15) is 15.3 Å². The standard InChI is InChI=1S/C40H58O3/c1-22(2)28-16-25(38(7,8)9)19-31(35(28)41)34(32-20-26(39(10,11)12)17-29(23(3)4)36(32)42)33-21-27(40(13,14)15)18-30(24(5)6)37(33)43/h16-24,34,41-43H,1-15H3. The highest BCUT2D eigenvalue weighted by Gasteiger charge is 2.34. The Balaban J connectivity index is 2.69. The highest BCUT2D eigenvalue weighted by atomic mass is 16.3. The Morgan fingerprint density at radius 1 is 0.372 bits per heavy atom. The van der Waals surface area contributed by atoms with E-state index in [-0.39, 0.29) is 51.2 Å². The number of hydrogen-bond acceptors (Lipinski definition) is 3. The summed E-state index contributed by atoms with van der Waals surface area (Å²) in [6.07, 6.45) is 0. The zero-order chi connectivity index (χ0) is 33.0. The van der Waals surface area contributed by atoms with Crippen molar-refractivity contribution in [3.8, 4) is 17.2 Å². The molecule has 3 nitrogen and oxygen atoms in total. The topological polar surface area (TPSA) is 60.7 Å². The summed E-state index contributed by atoms with van der Waals surface area (Å²) in [4.78, 5) is 0. The molecule has 0 aliphatic carbocycles. The minimum absolute atomic E-state index is 0.0863. The summed E-state index contributed by atoms with van der Waals surface area (Å²) >= 11 is 0. The Morgan fingerprint density at radius 3 is 0.721 bits per heavy atom. The fourth-order valence-corrected chi connectivity index (χ4v) is 5.82. The summed E-state index contributed by atoms with van der Waals surface area (Å²) in [5.74, 6) is 0.345. The molecule has 3 aromatic carbocycles. The van der Waals surface area contributed by atoms with E-state index in [2.05, 4.69) is 140 Å². The maximum atomic E-state index is 12.1. The Morgan fingerprint density at radius 2 is 0.558 bits per heavy atom. The maximum absolute atomic E-state index is 12.1. The van der Waals surface area contributed by atoms with E-state index < -0.39 is 5.92 Å². The molecule has 0 unspecified atom stereocenters. The lowest BCUT2D eigenvalue weighted by Crippen LogP contribution is -2.18. The summed E-state index contributed by atoms with van der Waals surface area (Å²) < 4.78 is 0. The lowest BCUT2D eigenvalue weighted by Gasteiger charge is -2.32. The van der Waals surface area contributed by atoms with Gasteiger partial charge in [0.1, 0.15) is 17.2 Å². The van der Waals surface area contributed by atoms with Crippen LogP contribution in [0.4, 0.5) is 0 Å². The minimum atomic E-state index is -0.598. The molecule has 0 heterocycles. The molecule has 0 aromatic heterocycles. The fraction of sp³-hybridized carbons (Fsp3) is 0.550. The van der Waals surface area contributed by atoms with Gasteiger partial charge in [-0.05, 0) is 67.4 Å². The van der Waals surface area contributed by atoms with Gasteiger partial charge in [-0.25, -0.2) is 0 Å². The van der Waals surface area contributed by atoms with Crippen molar-refractivity contribution < 1.29 is 15.3 Å². The first-order valence-electron chi connectivity index (χ1n) is 16.1. The van der Waals surface area contributed by atoms with Gasteiger partial charge in [0.2, 0.25) is 0 Å².